The van der Waals surface area contributed by atoms with Gasteiger partial charge in [-0.15, -0.1) is 0 Å². The van der Waals surface area contributed by atoms with Crippen LogP contribution in [0.3, 0.4) is 0 Å². The van der Waals surface area contributed by atoms with Crippen molar-refractivity contribution in [3.8, 4) is 0 Å². The van der Waals surface area contributed by atoms with Gasteiger partial charge in [-0.3, -0.25) is 4.79 Å². The predicted molar refractivity (Wildman–Crippen MR) is 96.1 cm³/mol. The molecule has 0 radical (unpaired) electrons. The lowest BCUT2D eigenvalue weighted by Gasteiger charge is -2.47. The van der Waals surface area contributed by atoms with Gasteiger partial charge in [-0.1, -0.05) is 30.7 Å². The largest absolute Gasteiger partial charge is 0.458 e. The van der Waals surface area contributed by atoms with Gasteiger partial charge in [0.15, 0.2) is 5.78 Å². The zero-order valence-electron chi connectivity index (χ0n) is 15.1. The molecule has 3 aliphatic carbocycles. The van der Waals surface area contributed by atoms with Crippen molar-refractivity contribution >= 4 is 11.8 Å². The molecular formula is C22H26O3. The van der Waals surface area contributed by atoms with Crippen LogP contribution in [0.4, 0.5) is 0 Å². The van der Waals surface area contributed by atoms with E-state index in [4.69, 9.17) is 4.74 Å². The maximum atomic E-state index is 12.5. The van der Waals surface area contributed by atoms with Crippen LogP contribution in [0.25, 0.3) is 0 Å². The number of fused-ring (bicyclic) bond motifs is 3. The zero-order valence-corrected chi connectivity index (χ0v) is 15.1. The summed E-state index contributed by atoms with van der Waals surface area (Å²) in [7, 11) is 0. The van der Waals surface area contributed by atoms with Crippen molar-refractivity contribution in [3.63, 3.8) is 0 Å². The van der Waals surface area contributed by atoms with Crippen LogP contribution in [0.5, 0.6) is 0 Å². The average molecular weight is 338 g/mol. The van der Waals surface area contributed by atoms with E-state index in [1.165, 1.54) is 5.57 Å². The number of benzene rings is 1. The van der Waals surface area contributed by atoms with Crippen molar-refractivity contribution in [1.82, 2.24) is 0 Å². The molecule has 0 N–H and O–H groups in total. The monoisotopic (exact) mass is 338 g/mol. The van der Waals surface area contributed by atoms with Crippen LogP contribution in [0.1, 0.15) is 62.7 Å². The first-order chi connectivity index (χ1) is 12.0. The summed E-state index contributed by atoms with van der Waals surface area (Å²) in [6.45, 7) is 4.31. The Balaban J connectivity index is 1.55. The van der Waals surface area contributed by atoms with Crippen LogP contribution in [0.15, 0.2) is 41.5 Å². The molecule has 0 amide bonds. The van der Waals surface area contributed by atoms with E-state index in [1.54, 1.807) is 0 Å². The number of hydrogen-bond acceptors (Lipinski definition) is 3. The van der Waals surface area contributed by atoms with Crippen molar-refractivity contribution in [2.45, 2.75) is 58.5 Å². The van der Waals surface area contributed by atoms with Gasteiger partial charge in [0.05, 0.1) is 5.56 Å². The maximum absolute atomic E-state index is 12.5. The summed E-state index contributed by atoms with van der Waals surface area (Å²) in [4.78, 5) is 24.6. The average Bonchev–Trinajstić information content (AvgIpc) is 2.95. The van der Waals surface area contributed by atoms with Crippen LogP contribution < -0.4 is 0 Å². The minimum Gasteiger partial charge on any atom is -0.458 e. The van der Waals surface area contributed by atoms with E-state index in [-0.39, 0.29) is 17.5 Å². The molecule has 3 heteroatoms. The lowest BCUT2D eigenvalue weighted by atomic mass is 9.58. The molecule has 1 aromatic rings. The number of Topliss-reactive ketones (excluding diaryl/α,β-unsaturated/α-hetero) is 1. The number of hydrogen-bond donors (Lipinski definition) is 0. The van der Waals surface area contributed by atoms with Gasteiger partial charge in [0, 0.05) is 11.8 Å². The second kappa shape index (κ2) is 6.12. The smallest absolute Gasteiger partial charge is 0.338 e. The summed E-state index contributed by atoms with van der Waals surface area (Å²) < 4.78 is 5.98. The standard InChI is InChI=1S/C22H26O3/c1-14-16-12-13-22(2)18(17(16)8-10-19(14)23)9-11-20(22)25-21(24)15-6-4-3-5-7-15/h3-7,17-18,20H,8-13H2,1-2H3/t17-,18+,20+,22+/m0/s1. The predicted octanol–water partition coefficient (Wildman–Crippen LogP) is 4.72. The van der Waals surface area contributed by atoms with Crippen LogP contribution in [0, 0.1) is 17.3 Å². The molecule has 0 bridgehead atoms. The van der Waals surface area contributed by atoms with Gasteiger partial charge in [-0.2, -0.15) is 0 Å². The maximum Gasteiger partial charge on any atom is 0.338 e. The summed E-state index contributed by atoms with van der Waals surface area (Å²) in [6.07, 6.45) is 5.68. The molecule has 3 nitrogen and oxygen atoms in total. The number of carbonyl (C=O) groups excluding carboxylic acids is 2. The third-order valence-corrected chi connectivity index (χ3v) is 7.03. The summed E-state index contributed by atoms with van der Waals surface area (Å²) in [5.41, 5.74) is 3.08. The quantitative estimate of drug-likeness (QED) is 0.733. The van der Waals surface area contributed by atoms with Gasteiger partial charge in [0.1, 0.15) is 6.10 Å². The van der Waals surface area contributed by atoms with Crippen LogP contribution in [-0.4, -0.2) is 17.9 Å². The Morgan fingerprint density at radius 1 is 1.12 bits per heavy atom. The minimum absolute atomic E-state index is 0.00955. The van der Waals surface area contributed by atoms with Crippen molar-refractivity contribution in [1.29, 1.82) is 0 Å². The van der Waals surface area contributed by atoms with Gasteiger partial charge in [-0.25, -0.2) is 4.79 Å². The lowest BCUT2D eigenvalue weighted by Crippen LogP contribution is -2.43. The third kappa shape index (κ3) is 2.65. The van der Waals surface area contributed by atoms with E-state index in [1.807, 2.05) is 37.3 Å². The number of allylic oxidation sites excluding steroid dienone is 2. The molecular weight excluding hydrogens is 312 g/mol. The molecule has 4 atom stereocenters. The highest BCUT2D eigenvalue weighted by atomic mass is 16.5. The fourth-order valence-corrected chi connectivity index (χ4v) is 5.53. The molecule has 0 aromatic heterocycles. The lowest BCUT2D eigenvalue weighted by molar-refractivity contribution is -0.117. The molecule has 25 heavy (non-hydrogen) atoms. The first-order valence-electron chi connectivity index (χ1n) is 9.49. The van der Waals surface area contributed by atoms with E-state index in [0.717, 1.165) is 37.7 Å². The summed E-state index contributed by atoms with van der Waals surface area (Å²) in [6, 6.07) is 9.28. The van der Waals surface area contributed by atoms with Crippen molar-refractivity contribution in [2.24, 2.45) is 17.3 Å². The van der Waals surface area contributed by atoms with E-state index >= 15 is 0 Å². The molecule has 3 aliphatic rings. The Kier molecular flexibility index (Phi) is 4.05. The third-order valence-electron chi connectivity index (χ3n) is 7.03. The van der Waals surface area contributed by atoms with Crippen LogP contribution in [0.2, 0.25) is 0 Å². The second-order valence-electron chi connectivity index (χ2n) is 8.17. The fourth-order valence-electron chi connectivity index (χ4n) is 5.53. The molecule has 0 heterocycles. The van der Waals surface area contributed by atoms with Gasteiger partial charge in [-0.05, 0) is 68.6 Å². The molecule has 0 saturated heterocycles. The number of esters is 1. The van der Waals surface area contributed by atoms with E-state index in [0.29, 0.717) is 29.6 Å². The van der Waals surface area contributed by atoms with E-state index in [9.17, 15) is 9.59 Å². The Labute approximate surface area is 149 Å². The molecule has 0 aliphatic heterocycles. The highest BCUT2D eigenvalue weighted by molar-refractivity contribution is 5.96. The fraction of sp³-hybridized carbons (Fsp3) is 0.545. The Morgan fingerprint density at radius 2 is 1.88 bits per heavy atom. The number of ketones is 1. The van der Waals surface area contributed by atoms with Crippen molar-refractivity contribution < 1.29 is 14.3 Å². The molecule has 0 unspecified atom stereocenters. The normalized spacial score (nSPS) is 34.5. The van der Waals surface area contributed by atoms with Crippen molar-refractivity contribution in [3.05, 3.63) is 47.0 Å². The minimum atomic E-state index is -0.205. The molecule has 132 valence electrons. The molecule has 4 rings (SSSR count). The number of ether oxygens (including phenoxy) is 1. The van der Waals surface area contributed by atoms with Crippen LogP contribution in [-0.2, 0) is 9.53 Å². The first kappa shape index (κ1) is 16.6. The molecule has 2 saturated carbocycles. The van der Waals surface area contributed by atoms with Gasteiger partial charge >= 0.3 is 5.97 Å². The van der Waals surface area contributed by atoms with E-state index in [2.05, 4.69) is 6.92 Å². The highest BCUT2D eigenvalue weighted by Gasteiger charge is 2.55. The SMILES string of the molecule is CC1=C2CC[C@]3(C)[C@H](CC[C@H]3OC(=O)c3ccccc3)[C@H]2CCC1=O. The summed E-state index contributed by atoms with van der Waals surface area (Å²) in [5.74, 6) is 1.17. The summed E-state index contributed by atoms with van der Waals surface area (Å²) >= 11 is 0. The second-order valence-corrected chi connectivity index (χ2v) is 8.17. The van der Waals surface area contributed by atoms with Gasteiger partial charge < -0.3 is 4.74 Å². The first-order valence-corrected chi connectivity index (χ1v) is 9.49. The zero-order chi connectivity index (χ0) is 17.6. The Bertz CT molecular complexity index is 733. The topological polar surface area (TPSA) is 43.4 Å². The highest BCUT2D eigenvalue weighted by Crippen LogP contribution is 2.59. The summed E-state index contributed by atoms with van der Waals surface area (Å²) in [5, 5.41) is 0. The van der Waals surface area contributed by atoms with Gasteiger partial charge in [0.2, 0.25) is 0 Å². The van der Waals surface area contributed by atoms with Gasteiger partial charge in [0.25, 0.3) is 0 Å². The molecule has 0 spiro atoms. The Hall–Kier alpha value is -1.90. The molecule has 1 aromatic carbocycles. The van der Waals surface area contributed by atoms with Crippen LogP contribution >= 0.6 is 0 Å². The number of carbonyl (C=O) groups is 2. The Morgan fingerprint density at radius 3 is 2.64 bits per heavy atom. The van der Waals surface area contributed by atoms with E-state index < -0.39 is 0 Å². The molecule has 2 fully saturated rings. The number of rotatable bonds is 2. The van der Waals surface area contributed by atoms with Crippen molar-refractivity contribution in [2.75, 3.05) is 0 Å².